The van der Waals surface area contributed by atoms with Crippen LogP contribution < -0.4 is 5.73 Å². The normalized spacial score (nSPS) is 12.6. The molecule has 0 saturated heterocycles. The first-order valence-electron chi connectivity index (χ1n) is 5.49. The van der Waals surface area contributed by atoms with E-state index in [2.05, 4.69) is 25.6 Å². The number of allylic oxidation sites excluding steroid dienone is 5. The molecule has 0 amide bonds. The maximum atomic E-state index is 5.99. The number of nitrogens with two attached hydrogens (primary N) is 1. The molecule has 0 atom stereocenters. The second-order valence-electron chi connectivity index (χ2n) is 3.74. The average molecular weight is 213 g/mol. The van der Waals surface area contributed by atoms with Crippen LogP contribution in [-0.4, -0.2) is 0 Å². The number of benzene rings is 1. The minimum Gasteiger partial charge on any atom is -0.398 e. The van der Waals surface area contributed by atoms with E-state index in [-0.39, 0.29) is 0 Å². The van der Waals surface area contributed by atoms with E-state index in [1.807, 2.05) is 37.3 Å². The Morgan fingerprint density at radius 3 is 2.62 bits per heavy atom. The van der Waals surface area contributed by atoms with Crippen molar-refractivity contribution in [1.29, 1.82) is 0 Å². The molecule has 1 nitrogen and oxygen atoms in total. The summed E-state index contributed by atoms with van der Waals surface area (Å²) >= 11 is 0. The van der Waals surface area contributed by atoms with Crippen molar-refractivity contribution >= 4 is 11.3 Å². The molecule has 0 heterocycles. The fourth-order valence-corrected chi connectivity index (χ4v) is 1.75. The molecule has 0 saturated carbocycles. The molecule has 84 valence electrons. The van der Waals surface area contributed by atoms with Crippen LogP contribution in [0, 0.1) is 0 Å². The largest absolute Gasteiger partial charge is 0.398 e. The predicted molar refractivity (Wildman–Crippen MR) is 73.1 cm³/mol. The van der Waals surface area contributed by atoms with Crippen LogP contribution in [0.2, 0.25) is 0 Å². The summed E-state index contributed by atoms with van der Waals surface area (Å²) in [6, 6.07) is 7.95. The van der Waals surface area contributed by atoms with Gasteiger partial charge in [0.2, 0.25) is 0 Å². The molecule has 0 bridgehead atoms. The second-order valence-corrected chi connectivity index (χ2v) is 3.74. The van der Waals surface area contributed by atoms with Crippen LogP contribution >= 0.6 is 0 Å². The zero-order valence-electron chi connectivity index (χ0n) is 10.0. The summed E-state index contributed by atoms with van der Waals surface area (Å²) in [5.74, 6) is 0. The van der Waals surface area contributed by atoms with Gasteiger partial charge in [-0.1, -0.05) is 36.4 Å². The van der Waals surface area contributed by atoms with Crippen molar-refractivity contribution in [2.75, 3.05) is 5.73 Å². The van der Waals surface area contributed by atoms with Gasteiger partial charge in [0.05, 0.1) is 0 Å². The lowest BCUT2D eigenvalue weighted by Gasteiger charge is -2.11. The molecule has 1 rings (SSSR count). The van der Waals surface area contributed by atoms with Crippen LogP contribution in [0.1, 0.15) is 25.8 Å². The van der Waals surface area contributed by atoms with Crippen molar-refractivity contribution in [2.24, 2.45) is 0 Å². The van der Waals surface area contributed by atoms with Crippen LogP contribution in [0.5, 0.6) is 0 Å². The van der Waals surface area contributed by atoms with E-state index in [9.17, 15) is 0 Å². The Morgan fingerprint density at radius 2 is 2.06 bits per heavy atom. The summed E-state index contributed by atoms with van der Waals surface area (Å²) in [5, 5.41) is 0. The molecule has 0 aliphatic carbocycles. The molecule has 1 aromatic rings. The molecule has 0 fully saturated rings. The maximum Gasteiger partial charge on any atom is 0.0390 e. The predicted octanol–water partition coefficient (Wildman–Crippen LogP) is 4.19. The highest BCUT2D eigenvalue weighted by atomic mass is 14.6. The van der Waals surface area contributed by atoms with Gasteiger partial charge in [-0.15, -0.1) is 6.58 Å². The zero-order chi connectivity index (χ0) is 12.0. The average Bonchev–Trinajstić information content (AvgIpc) is 2.27. The lowest BCUT2D eigenvalue weighted by atomic mass is 9.96. The Morgan fingerprint density at radius 1 is 1.38 bits per heavy atom. The Labute approximate surface area is 98.0 Å². The van der Waals surface area contributed by atoms with E-state index in [0.29, 0.717) is 0 Å². The number of nitrogen functional groups attached to an aromatic ring is 1. The van der Waals surface area contributed by atoms with E-state index in [1.54, 1.807) is 0 Å². The molecule has 0 aliphatic heterocycles. The lowest BCUT2D eigenvalue weighted by Crippen LogP contribution is -1.94. The molecule has 0 aromatic heterocycles. The van der Waals surface area contributed by atoms with Gasteiger partial charge in [-0.05, 0) is 37.5 Å². The van der Waals surface area contributed by atoms with E-state index >= 15 is 0 Å². The van der Waals surface area contributed by atoms with Crippen molar-refractivity contribution in [3.63, 3.8) is 0 Å². The quantitative estimate of drug-likeness (QED) is 0.453. The topological polar surface area (TPSA) is 26.0 Å². The first kappa shape index (κ1) is 12.3. The highest BCUT2D eigenvalue weighted by Crippen LogP contribution is 2.27. The third-order valence-corrected chi connectivity index (χ3v) is 2.53. The van der Waals surface area contributed by atoms with Crippen LogP contribution in [-0.2, 0) is 0 Å². The summed E-state index contributed by atoms with van der Waals surface area (Å²) in [4.78, 5) is 0. The van der Waals surface area contributed by atoms with Crippen LogP contribution in [0.4, 0.5) is 5.69 Å². The molecule has 1 aromatic carbocycles. The monoisotopic (exact) mass is 213 g/mol. The van der Waals surface area contributed by atoms with Gasteiger partial charge in [0, 0.05) is 11.3 Å². The Bertz CT molecular complexity index is 425. The number of para-hydroxylation sites is 1. The van der Waals surface area contributed by atoms with Gasteiger partial charge in [-0.2, -0.15) is 0 Å². The van der Waals surface area contributed by atoms with Crippen LogP contribution in [0.25, 0.3) is 5.57 Å². The molecule has 0 spiro atoms. The zero-order valence-corrected chi connectivity index (χ0v) is 10.0. The maximum absolute atomic E-state index is 5.99. The van der Waals surface area contributed by atoms with Crippen LogP contribution in [0.3, 0.4) is 0 Å². The lowest BCUT2D eigenvalue weighted by molar-refractivity contribution is 1.34. The molecular formula is C15H19N. The summed E-state index contributed by atoms with van der Waals surface area (Å²) in [7, 11) is 0. The van der Waals surface area contributed by atoms with Gasteiger partial charge in [0.15, 0.2) is 0 Å². The third-order valence-electron chi connectivity index (χ3n) is 2.53. The SMILES string of the molecule is C=CC/C(=C(C)\C=C/C)c1ccccc1N. The smallest absolute Gasteiger partial charge is 0.0390 e. The molecule has 0 aliphatic rings. The number of hydrogen-bond acceptors (Lipinski definition) is 1. The fraction of sp³-hybridized carbons (Fsp3) is 0.200. The van der Waals surface area contributed by atoms with Crippen molar-refractivity contribution < 1.29 is 0 Å². The molecule has 0 unspecified atom stereocenters. The summed E-state index contributed by atoms with van der Waals surface area (Å²) in [5.41, 5.74) is 10.4. The van der Waals surface area contributed by atoms with E-state index in [4.69, 9.17) is 5.73 Å². The van der Waals surface area contributed by atoms with Crippen LogP contribution in [0.15, 0.2) is 54.6 Å². The molecule has 2 N–H and O–H groups in total. The summed E-state index contributed by atoms with van der Waals surface area (Å²) in [6.07, 6.45) is 6.89. The minimum absolute atomic E-state index is 0.822. The highest BCUT2D eigenvalue weighted by Gasteiger charge is 2.05. The third kappa shape index (κ3) is 2.86. The van der Waals surface area contributed by atoms with Crippen molar-refractivity contribution in [3.05, 3.63) is 60.2 Å². The minimum atomic E-state index is 0.822. The van der Waals surface area contributed by atoms with Crippen molar-refractivity contribution in [2.45, 2.75) is 20.3 Å². The molecule has 0 radical (unpaired) electrons. The summed E-state index contributed by atoms with van der Waals surface area (Å²) in [6.45, 7) is 7.92. The first-order chi connectivity index (χ1) is 7.70. The van der Waals surface area contributed by atoms with Gasteiger partial charge in [-0.25, -0.2) is 0 Å². The number of rotatable bonds is 4. The fourth-order valence-electron chi connectivity index (χ4n) is 1.75. The van der Waals surface area contributed by atoms with Gasteiger partial charge >= 0.3 is 0 Å². The Kier molecular flexibility index (Phi) is 4.59. The molecular weight excluding hydrogens is 194 g/mol. The highest BCUT2D eigenvalue weighted by molar-refractivity contribution is 5.78. The van der Waals surface area contributed by atoms with Gasteiger partial charge in [-0.3, -0.25) is 0 Å². The summed E-state index contributed by atoms with van der Waals surface area (Å²) < 4.78 is 0. The Hall–Kier alpha value is -1.76. The van der Waals surface area contributed by atoms with E-state index < -0.39 is 0 Å². The Balaban J connectivity index is 3.28. The standard InChI is InChI=1S/C15H19N/c1-4-8-12(3)13(9-5-2)14-10-6-7-11-15(14)16/h4-8,10-11H,2,9,16H2,1,3H3/b8-4-,13-12+. The van der Waals surface area contributed by atoms with Crippen molar-refractivity contribution in [1.82, 2.24) is 0 Å². The van der Waals surface area contributed by atoms with Gasteiger partial charge in [0.1, 0.15) is 0 Å². The van der Waals surface area contributed by atoms with Gasteiger partial charge < -0.3 is 5.73 Å². The number of anilines is 1. The van der Waals surface area contributed by atoms with Gasteiger partial charge in [0.25, 0.3) is 0 Å². The van der Waals surface area contributed by atoms with Crippen molar-refractivity contribution in [3.8, 4) is 0 Å². The molecule has 1 heteroatoms. The molecule has 16 heavy (non-hydrogen) atoms. The van der Waals surface area contributed by atoms with E-state index in [1.165, 1.54) is 11.1 Å². The number of hydrogen-bond donors (Lipinski definition) is 1. The second kappa shape index (κ2) is 5.96. The first-order valence-corrected chi connectivity index (χ1v) is 5.49. The van der Waals surface area contributed by atoms with E-state index in [0.717, 1.165) is 17.7 Å².